The summed E-state index contributed by atoms with van der Waals surface area (Å²) in [6, 6.07) is 5.33. The lowest BCUT2D eigenvalue weighted by molar-refractivity contribution is 0.205. The minimum atomic E-state index is -0.260. The molecule has 4 aromatic rings. The van der Waals surface area contributed by atoms with E-state index in [2.05, 4.69) is 39.7 Å². The normalized spacial score (nSPS) is 19.5. The van der Waals surface area contributed by atoms with Crippen LogP contribution in [0.2, 0.25) is 0 Å². The Balaban J connectivity index is 1.11. The van der Waals surface area contributed by atoms with Gasteiger partial charge in [0.25, 0.3) is 5.78 Å². The summed E-state index contributed by atoms with van der Waals surface area (Å²) < 4.78 is 20.9. The third kappa shape index (κ3) is 4.36. The lowest BCUT2D eigenvalue weighted by Gasteiger charge is -2.40. The van der Waals surface area contributed by atoms with Crippen LogP contribution in [-0.4, -0.2) is 80.3 Å². The summed E-state index contributed by atoms with van der Waals surface area (Å²) in [5.41, 5.74) is 6.83. The van der Waals surface area contributed by atoms with Crippen molar-refractivity contribution in [1.29, 1.82) is 0 Å². The summed E-state index contributed by atoms with van der Waals surface area (Å²) in [6.07, 6.45) is 6.71. The van der Waals surface area contributed by atoms with Crippen molar-refractivity contribution in [1.82, 2.24) is 34.4 Å². The van der Waals surface area contributed by atoms with Gasteiger partial charge in [-0.25, -0.2) is 4.39 Å². The maximum absolute atomic E-state index is 14.1. The number of nitrogens with zero attached hydrogens (tertiary/aromatic N) is 9. The van der Waals surface area contributed by atoms with Crippen molar-refractivity contribution in [3.63, 3.8) is 0 Å². The van der Waals surface area contributed by atoms with Crippen molar-refractivity contribution >= 4 is 23.4 Å². The molecule has 182 valence electrons. The molecule has 0 aliphatic carbocycles. The molecule has 6 rings (SSSR count). The minimum absolute atomic E-state index is 0.247. The van der Waals surface area contributed by atoms with Gasteiger partial charge in [0.05, 0.1) is 18.1 Å². The highest BCUT2D eigenvalue weighted by Gasteiger charge is 2.27. The number of fused-ring (bicyclic) bond motifs is 1. The van der Waals surface area contributed by atoms with Crippen LogP contribution in [-0.2, 0) is 0 Å². The Hall–Kier alpha value is -3.80. The summed E-state index contributed by atoms with van der Waals surface area (Å²) >= 11 is 0. The second-order valence-corrected chi connectivity index (χ2v) is 9.08. The number of halogens is 1. The molecule has 2 fully saturated rings. The molecular formula is C23H27FN10O. The van der Waals surface area contributed by atoms with Gasteiger partial charge in [0.1, 0.15) is 0 Å². The molecule has 1 unspecified atom stereocenters. The first-order valence-corrected chi connectivity index (χ1v) is 11.9. The minimum Gasteiger partial charge on any atom is -0.461 e. The Kier molecular flexibility index (Phi) is 5.64. The lowest BCUT2D eigenvalue weighted by atomic mass is 9.97. The fraction of sp³-hybridized carbons (Fsp3) is 0.435. The number of hydrogen-bond acceptors (Lipinski definition) is 10. The summed E-state index contributed by atoms with van der Waals surface area (Å²) in [5, 5.41) is 4.37. The summed E-state index contributed by atoms with van der Waals surface area (Å²) in [5.74, 6) is 2.44. The Morgan fingerprint density at radius 1 is 1.06 bits per heavy atom. The van der Waals surface area contributed by atoms with E-state index in [1.807, 2.05) is 0 Å². The molecule has 11 nitrogen and oxygen atoms in total. The quantitative estimate of drug-likeness (QED) is 0.456. The van der Waals surface area contributed by atoms with Gasteiger partial charge in [0.15, 0.2) is 11.6 Å². The number of hydrogen-bond donors (Lipinski definition) is 1. The van der Waals surface area contributed by atoms with Crippen LogP contribution in [0.15, 0.2) is 41.3 Å². The molecule has 0 spiro atoms. The summed E-state index contributed by atoms with van der Waals surface area (Å²) in [7, 11) is 0. The van der Waals surface area contributed by atoms with Gasteiger partial charge in [-0.15, -0.1) is 5.10 Å². The fourth-order valence-corrected chi connectivity index (χ4v) is 5.00. The van der Waals surface area contributed by atoms with Gasteiger partial charge in [-0.1, -0.05) is 0 Å². The van der Waals surface area contributed by atoms with Crippen LogP contribution in [0.3, 0.4) is 0 Å². The molecule has 2 saturated heterocycles. The van der Waals surface area contributed by atoms with Crippen LogP contribution in [0.4, 0.5) is 22.0 Å². The molecule has 0 radical (unpaired) electrons. The highest BCUT2D eigenvalue weighted by atomic mass is 19.1. The van der Waals surface area contributed by atoms with Gasteiger partial charge in [0.2, 0.25) is 17.7 Å². The SMILES string of the molecule is Nc1nc(N2CCCC(CN3CCN(c4ccncc4F)CC3)C2)nc2nc(-c3ccco3)nn12. The summed E-state index contributed by atoms with van der Waals surface area (Å²) in [6.45, 7) is 6.14. The van der Waals surface area contributed by atoms with Crippen LogP contribution in [0.1, 0.15) is 12.8 Å². The second-order valence-electron chi connectivity index (χ2n) is 9.08. The number of rotatable bonds is 5. The smallest absolute Gasteiger partial charge is 0.259 e. The molecule has 0 bridgehead atoms. The van der Waals surface area contributed by atoms with Gasteiger partial charge >= 0.3 is 0 Å². The Morgan fingerprint density at radius 3 is 2.74 bits per heavy atom. The summed E-state index contributed by atoms with van der Waals surface area (Å²) in [4.78, 5) is 24.2. The second kappa shape index (κ2) is 9.10. The van der Waals surface area contributed by atoms with Gasteiger partial charge < -0.3 is 20.0 Å². The van der Waals surface area contributed by atoms with Crippen LogP contribution >= 0.6 is 0 Å². The number of nitrogens with two attached hydrogens (primary N) is 1. The molecule has 2 aliphatic rings. The molecule has 0 amide bonds. The van der Waals surface area contributed by atoms with Crippen molar-refractivity contribution in [3.8, 4) is 11.6 Å². The zero-order chi connectivity index (χ0) is 23.8. The average Bonchev–Trinajstić information content (AvgIpc) is 3.56. The molecule has 4 aromatic heterocycles. The predicted molar refractivity (Wildman–Crippen MR) is 128 cm³/mol. The first-order valence-electron chi connectivity index (χ1n) is 11.9. The van der Waals surface area contributed by atoms with Gasteiger partial charge in [-0.3, -0.25) is 9.88 Å². The number of furan rings is 1. The predicted octanol–water partition coefficient (Wildman–Crippen LogP) is 1.93. The van der Waals surface area contributed by atoms with Crippen molar-refractivity contribution in [2.24, 2.45) is 5.92 Å². The molecule has 2 N–H and O–H groups in total. The zero-order valence-electron chi connectivity index (χ0n) is 19.3. The van der Waals surface area contributed by atoms with E-state index in [-0.39, 0.29) is 11.8 Å². The van der Waals surface area contributed by atoms with Gasteiger partial charge in [-0.05, 0) is 37.0 Å². The molecule has 6 heterocycles. The van der Waals surface area contributed by atoms with Crippen LogP contribution in [0.25, 0.3) is 17.4 Å². The van der Waals surface area contributed by atoms with E-state index in [0.717, 1.165) is 58.7 Å². The number of aromatic nitrogens is 6. The lowest BCUT2D eigenvalue weighted by Crippen LogP contribution is -2.50. The number of piperidine rings is 1. The first-order chi connectivity index (χ1) is 17.1. The van der Waals surface area contributed by atoms with E-state index in [4.69, 9.17) is 10.2 Å². The molecular weight excluding hydrogens is 451 g/mol. The standard InChI is InChI=1S/C23H27FN10O/c24-17-13-26-6-5-18(17)32-10-8-31(9-11-32)14-16-3-1-7-33(15-16)22-28-21(25)34-23(29-22)27-20(30-34)19-4-2-12-35-19/h2,4-6,12-13,16H,1,3,7-11,14-15H2,(H2,25,27,28,29,30). The number of nitrogen functional groups attached to an aromatic ring is 1. The Morgan fingerprint density at radius 2 is 1.94 bits per heavy atom. The Bertz CT molecular complexity index is 1300. The van der Waals surface area contributed by atoms with E-state index in [1.165, 1.54) is 10.7 Å². The van der Waals surface area contributed by atoms with Gasteiger partial charge in [-0.2, -0.15) is 19.5 Å². The molecule has 12 heteroatoms. The van der Waals surface area contributed by atoms with Gasteiger partial charge in [0, 0.05) is 52.0 Å². The third-order valence-electron chi connectivity index (χ3n) is 6.75. The zero-order valence-corrected chi connectivity index (χ0v) is 19.3. The highest BCUT2D eigenvalue weighted by Crippen LogP contribution is 2.25. The monoisotopic (exact) mass is 478 g/mol. The molecule has 35 heavy (non-hydrogen) atoms. The van der Waals surface area contributed by atoms with E-state index >= 15 is 0 Å². The van der Waals surface area contributed by atoms with E-state index in [0.29, 0.717) is 34.9 Å². The van der Waals surface area contributed by atoms with Crippen LogP contribution < -0.4 is 15.5 Å². The molecule has 0 aromatic carbocycles. The third-order valence-corrected chi connectivity index (χ3v) is 6.75. The Labute approximate surface area is 201 Å². The largest absolute Gasteiger partial charge is 0.461 e. The van der Waals surface area contributed by atoms with Crippen molar-refractivity contribution in [3.05, 3.63) is 42.7 Å². The van der Waals surface area contributed by atoms with E-state index in [1.54, 1.807) is 30.7 Å². The molecule has 0 saturated carbocycles. The van der Waals surface area contributed by atoms with Crippen molar-refractivity contribution < 1.29 is 8.81 Å². The molecule has 1 atom stereocenters. The maximum atomic E-state index is 14.1. The number of pyridine rings is 1. The first kappa shape index (κ1) is 21.7. The number of piperazine rings is 1. The van der Waals surface area contributed by atoms with Crippen molar-refractivity contribution in [2.75, 3.05) is 61.3 Å². The van der Waals surface area contributed by atoms with E-state index < -0.39 is 0 Å². The van der Waals surface area contributed by atoms with Crippen molar-refractivity contribution in [2.45, 2.75) is 12.8 Å². The van der Waals surface area contributed by atoms with Crippen LogP contribution in [0.5, 0.6) is 0 Å². The highest BCUT2D eigenvalue weighted by molar-refractivity contribution is 5.53. The van der Waals surface area contributed by atoms with E-state index in [9.17, 15) is 4.39 Å². The average molecular weight is 479 g/mol. The maximum Gasteiger partial charge on any atom is 0.259 e. The number of anilines is 3. The molecule has 2 aliphatic heterocycles. The van der Waals surface area contributed by atoms with Crippen LogP contribution in [0, 0.1) is 11.7 Å². The topological polar surface area (TPSA) is 118 Å². The fourth-order valence-electron chi connectivity index (χ4n) is 5.00.